The highest BCUT2D eigenvalue weighted by Crippen LogP contribution is 2.28. The summed E-state index contributed by atoms with van der Waals surface area (Å²) < 4.78 is 0. The summed E-state index contributed by atoms with van der Waals surface area (Å²) in [5.41, 5.74) is 3.54. The summed E-state index contributed by atoms with van der Waals surface area (Å²) in [7, 11) is 0. The van der Waals surface area contributed by atoms with Gasteiger partial charge in [-0.1, -0.05) is 41.9 Å². The van der Waals surface area contributed by atoms with Gasteiger partial charge in [0.25, 0.3) is 11.6 Å². The Morgan fingerprint density at radius 1 is 1.19 bits per heavy atom. The fourth-order valence-electron chi connectivity index (χ4n) is 3.90. The van der Waals surface area contributed by atoms with Gasteiger partial charge in [0, 0.05) is 43.7 Å². The van der Waals surface area contributed by atoms with E-state index < -0.39 is 4.92 Å². The number of carbonyl (C=O) groups excluding carboxylic acids is 1. The van der Waals surface area contributed by atoms with E-state index in [1.54, 1.807) is 6.20 Å². The highest BCUT2D eigenvalue weighted by Gasteiger charge is 2.26. The van der Waals surface area contributed by atoms with Gasteiger partial charge in [0.1, 0.15) is 5.02 Å². The Balaban J connectivity index is 1.53. The number of nitro groups is 1. The number of hydrogen-bond acceptors (Lipinski definition) is 5. The molecule has 1 aliphatic heterocycles. The number of pyridine rings is 1. The minimum atomic E-state index is -0.595. The number of halogens is 1. The number of fused-ring (bicyclic) bond motifs is 1. The number of rotatable bonds is 6. The van der Waals surface area contributed by atoms with E-state index in [-0.39, 0.29) is 28.2 Å². The maximum Gasteiger partial charge on any atom is 0.288 e. The zero-order valence-corrected chi connectivity index (χ0v) is 17.5. The molecule has 1 N–H and O–H groups in total. The lowest BCUT2D eigenvalue weighted by atomic mass is 9.97. The average molecular weight is 437 g/mol. The SMILES string of the molecule is O=C(NC[C@@H](c1cccnc1)N1CCc2ccccc2C1)c1ccc(Cl)c([N+](=O)[O-])c1. The Bertz CT molecular complexity index is 1110. The number of benzene rings is 2. The van der Waals surface area contributed by atoms with Crippen LogP contribution in [0, 0.1) is 10.1 Å². The third kappa shape index (κ3) is 4.73. The van der Waals surface area contributed by atoms with Crippen LogP contribution in [0.25, 0.3) is 0 Å². The van der Waals surface area contributed by atoms with Gasteiger partial charge in [-0.25, -0.2) is 0 Å². The first kappa shape index (κ1) is 21.0. The van der Waals surface area contributed by atoms with Crippen LogP contribution in [0.1, 0.15) is 33.1 Å². The summed E-state index contributed by atoms with van der Waals surface area (Å²) in [6.45, 7) is 1.99. The van der Waals surface area contributed by atoms with Gasteiger partial charge >= 0.3 is 0 Å². The maximum atomic E-state index is 12.7. The van der Waals surface area contributed by atoms with Crippen LogP contribution in [0.4, 0.5) is 5.69 Å². The van der Waals surface area contributed by atoms with Crippen molar-refractivity contribution < 1.29 is 9.72 Å². The molecule has 0 spiro atoms. The normalized spacial score (nSPS) is 14.5. The Labute approximate surface area is 184 Å². The lowest BCUT2D eigenvalue weighted by molar-refractivity contribution is -0.384. The highest BCUT2D eigenvalue weighted by atomic mass is 35.5. The molecule has 31 heavy (non-hydrogen) atoms. The van der Waals surface area contributed by atoms with E-state index in [4.69, 9.17) is 11.6 Å². The standard InChI is InChI=1S/C23H21ClN4O3/c24-20-8-7-17(12-21(20)28(30)31)23(29)26-14-22(18-6-3-10-25-13-18)27-11-9-16-4-1-2-5-19(16)15-27/h1-8,10,12-13,22H,9,11,14-15H2,(H,26,29)/t22-/m0/s1. The number of nitrogens with one attached hydrogen (secondary N) is 1. The molecular formula is C23H21ClN4O3. The molecule has 1 aromatic heterocycles. The van der Waals surface area contributed by atoms with Crippen molar-refractivity contribution in [1.82, 2.24) is 15.2 Å². The average Bonchev–Trinajstić information content (AvgIpc) is 2.80. The second kappa shape index (κ2) is 9.24. The summed E-state index contributed by atoms with van der Waals surface area (Å²) in [4.78, 5) is 29.8. The summed E-state index contributed by atoms with van der Waals surface area (Å²) in [6, 6.07) is 16.2. The maximum absolute atomic E-state index is 12.7. The molecule has 0 unspecified atom stereocenters. The molecule has 2 aromatic carbocycles. The van der Waals surface area contributed by atoms with Gasteiger partial charge in [0.2, 0.25) is 0 Å². The molecule has 0 fully saturated rings. The van der Waals surface area contributed by atoms with Crippen LogP contribution < -0.4 is 5.32 Å². The van der Waals surface area contributed by atoms with E-state index in [1.165, 1.54) is 29.3 Å². The van der Waals surface area contributed by atoms with Gasteiger partial charge in [-0.2, -0.15) is 0 Å². The second-order valence-corrected chi connectivity index (χ2v) is 7.83. The number of amides is 1. The summed E-state index contributed by atoms with van der Waals surface area (Å²) in [5, 5.41) is 14.1. The zero-order chi connectivity index (χ0) is 21.8. The minimum Gasteiger partial charge on any atom is -0.350 e. The number of hydrogen-bond donors (Lipinski definition) is 1. The molecule has 1 aliphatic rings. The van der Waals surface area contributed by atoms with Crippen LogP contribution >= 0.6 is 11.6 Å². The Morgan fingerprint density at radius 2 is 2.00 bits per heavy atom. The smallest absolute Gasteiger partial charge is 0.288 e. The predicted molar refractivity (Wildman–Crippen MR) is 118 cm³/mol. The molecule has 1 atom stereocenters. The van der Waals surface area contributed by atoms with Crippen LogP contribution in [-0.4, -0.2) is 33.8 Å². The van der Waals surface area contributed by atoms with Crippen molar-refractivity contribution >= 4 is 23.2 Å². The van der Waals surface area contributed by atoms with Gasteiger partial charge in [0.15, 0.2) is 0 Å². The fraction of sp³-hybridized carbons (Fsp3) is 0.217. The van der Waals surface area contributed by atoms with E-state index >= 15 is 0 Å². The van der Waals surface area contributed by atoms with Crippen LogP contribution in [0.5, 0.6) is 0 Å². The molecule has 3 aromatic rings. The van der Waals surface area contributed by atoms with Crippen LogP contribution in [0.2, 0.25) is 5.02 Å². The van der Waals surface area contributed by atoms with Crippen molar-refractivity contribution in [2.45, 2.75) is 19.0 Å². The molecular weight excluding hydrogens is 416 g/mol. The van der Waals surface area contributed by atoms with Gasteiger partial charge in [-0.05, 0) is 41.3 Å². The Kier molecular flexibility index (Phi) is 6.25. The molecule has 8 heteroatoms. The summed E-state index contributed by atoms with van der Waals surface area (Å²) >= 11 is 5.86. The minimum absolute atomic E-state index is 0.00164. The summed E-state index contributed by atoms with van der Waals surface area (Å²) in [6.07, 6.45) is 4.46. The number of nitro benzene ring substituents is 1. The Hall–Kier alpha value is -3.29. The second-order valence-electron chi connectivity index (χ2n) is 7.42. The van der Waals surface area contributed by atoms with Crippen molar-refractivity contribution in [1.29, 1.82) is 0 Å². The van der Waals surface area contributed by atoms with E-state index in [1.807, 2.05) is 24.4 Å². The third-order valence-corrected chi connectivity index (χ3v) is 5.85. The van der Waals surface area contributed by atoms with Gasteiger partial charge in [0.05, 0.1) is 11.0 Å². The first-order valence-corrected chi connectivity index (χ1v) is 10.3. The van der Waals surface area contributed by atoms with E-state index in [9.17, 15) is 14.9 Å². The van der Waals surface area contributed by atoms with Gasteiger partial charge in [-0.3, -0.25) is 24.8 Å². The summed E-state index contributed by atoms with van der Waals surface area (Å²) in [5.74, 6) is -0.383. The molecule has 1 amide bonds. The van der Waals surface area contributed by atoms with Gasteiger partial charge in [-0.15, -0.1) is 0 Å². The van der Waals surface area contributed by atoms with Crippen LogP contribution in [0.3, 0.4) is 0 Å². The molecule has 0 saturated carbocycles. The monoisotopic (exact) mass is 436 g/mol. The van der Waals surface area contributed by atoms with E-state index in [0.717, 1.165) is 25.1 Å². The van der Waals surface area contributed by atoms with Crippen molar-refractivity contribution in [3.63, 3.8) is 0 Å². The molecule has 0 saturated heterocycles. The van der Waals surface area contributed by atoms with Crippen LogP contribution in [-0.2, 0) is 13.0 Å². The van der Waals surface area contributed by atoms with Crippen molar-refractivity contribution in [3.05, 3.63) is 104 Å². The number of carbonyl (C=O) groups is 1. The number of nitrogens with zero attached hydrogens (tertiary/aromatic N) is 3. The predicted octanol–water partition coefficient (Wildman–Crippen LogP) is 4.17. The molecule has 0 radical (unpaired) electrons. The van der Waals surface area contributed by atoms with Crippen LogP contribution in [0.15, 0.2) is 67.0 Å². The zero-order valence-electron chi connectivity index (χ0n) is 16.7. The highest BCUT2D eigenvalue weighted by molar-refractivity contribution is 6.32. The third-order valence-electron chi connectivity index (χ3n) is 5.53. The first-order valence-electron chi connectivity index (χ1n) is 9.96. The first-order chi connectivity index (χ1) is 15.0. The van der Waals surface area contributed by atoms with Crippen molar-refractivity contribution in [2.75, 3.05) is 13.1 Å². The molecule has 4 rings (SSSR count). The molecule has 158 valence electrons. The molecule has 7 nitrogen and oxygen atoms in total. The largest absolute Gasteiger partial charge is 0.350 e. The van der Waals surface area contributed by atoms with Crippen molar-refractivity contribution in [3.8, 4) is 0 Å². The van der Waals surface area contributed by atoms with Crippen molar-refractivity contribution in [2.24, 2.45) is 0 Å². The van der Waals surface area contributed by atoms with E-state index in [2.05, 4.69) is 33.4 Å². The topological polar surface area (TPSA) is 88.4 Å². The van der Waals surface area contributed by atoms with E-state index in [0.29, 0.717) is 6.54 Å². The molecule has 2 heterocycles. The fourth-order valence-corrected chi connectivity index (χ4v) is 4.09. The van der Waals surface area contributed by atoms with Gasteiger partial charge < -0.3 is 5.32 Å². The molecule has 0 aliphatic carbocycles. The lowest BCUT2D eigenvalue weighted by Crippen LogP contribution is -2.40. The molecule has 0 bridgehead atoms. The lowest BCUT2D eigenvalue weighted by Gasteiger charge is -2.36. The number of aromatic nitrogens is 1. The Morgan fingerprint density at radius 3 is 2.74 bits per heavy atom. The quantitative estimate of drug-likeness (QED) is 0.462.